The molecule has 0 aliphatic carbocycles. The number of carbonyl (C=O) groups is 2. The van der Waals surface area contributed by atoms with Gasteiger partial charge in [-0.15, -0.1) is 0 Å². The third-order valence-corrected chi connectivity index (χ3v) is 4.09. The van der Waals surface area contributed by atoms with Gasteiger partial charge in [0.15, 0.2) is 0 Å². The molecule has 0 aliphatic heterocycles. The van der Waals surface area contributed by atoms with Crippen molar-refractivity contribution in [3.05, 3.63) is 94.0 Å². The van der Waals surface area contributed by atoms with Crippen LogP contribution in [0, 0.1) is 10.1 Å². The van der Waals surface area contributed by atoms with Crippen molar-refractivity contribution < 1.29 is 19.2 Å². The molecular formula is C21H17N3O5. The number of nitro benzene ring substituents is 1. The Labute approximate surface area is 166 Å². The zero-order valence-electron chi connectivity index (χ0n) is 15.4. The van der Waals surface area contributed by atoms with E-state index in [4.69, 9.17) is 4.74 Å². The molecule has 29 heavy (non-hydrogen) atoms. The number of amides is 2. The van der Waals surface area contributed by atoms with Gasteiger partial charge in [0.2, 0.25) is 0 Å². The van der Waals surface area contributed by atoms with Crippen LogP contribution in [-0.2, 0) is 0 Å². The molecule has 0 atom stereocenters. The predicted octanol–water partition coefficient (Wildman–Crippen LogP) is 4.11. The molecular weight excluding hydrogens is 374 g/mol. The van der Waals surface area contributed by atoms with E-state index >= 15 is 0 Å². The van der Waals surface area contributed by atoms with Crippen molar-refractivity contribution in [2.75, 3.05) is 17.7 Å². The van der Waals surface area contributed by atoms with Gasteiger partial charge in [0.25, 0.3) is 17.5 Å². The molecule has 0 heterocycles. The van der Waals surface area contributed by atoms with E-state index in [0.717, 1.165) is 0 Å². The minimum atomic E-state index is -0.578. The van der Waals surface area contributed by atoms with Gasteiger partial charge in [-0.05, 0) is 30.3 Å². The number of hydrogen-bond acceptors (Lipinski definition) is 5. The van der Waals surface area contributed by atoms with Gasteiger partial charge in [0, 0.05) is 17.7 Å². The van der Waals surface area contributed by atoms with E-state index in [9.17, 15) is 19.7 Å². The number of benzene rings is 3. The molecule has 2 N–H and O–H groups in total. The summed E-state index contributed by atoms with van der Waals surface area (Å²) in [6.07, 6.45) is 0. The van der Waals surface area contributed by atoms with E-state index < -0.39 is 16.7 Å². The Morgan fingerprint density at radius 2 is 1.52 bits per heavy atom. The Balaban J connectivity index is 1.83. The number of ether oxygens (including phenoxy) is 1. The molecule has 146 valence electrons. The summed E-state index contributed by atoms with van der Waals surface area (Å²) >= 11 is 0. The normalized spacial score (nSPS) is 10.1. The molecule has 3 aromatic carbocycles. The van der Waals surface area contributed by atoms with Crippen LogP contribution in [0.15, 0.2) is 72.8 Å². The molecule has 8 heteroatoms. The number of nitrogens with one attached hydrogen (secondary N) is 2. The number of nitro groups is 1. The lowest BCUT2D eigenvalue weighted by Gasteiger charge is -2.13. The van der Waals surface area contributed by atoms with Crippen LogP contribution in [0.2, 0.25) is 0 Å². The molecule has 0 unspecified atom stereocenters. The quantitative estimate of drug-likeness (QED) is 0.485. The minimum absolute atomic E-state index is 0.110. The fourth-order valence-electron chi connectivity index (χ4n) is 2.68. The summed E-state index contributed by atoms with van der Waals surface area (Å²) in [7, 11) is 1.50. The van der Waals surface area contributed by atoms with Crippen LogP contribution in [-0.4, -0.2) is 23.8 Å². The molecule has 0 saturated carbocycles. The molecule has 2 amide bonds. The van der Waals surface area contributed by atoms with Gasteiger partial charge in [0.05, 0.1) is 29.0 Å². The lowest BCUT2D eigenvalue weighted by molar-refractivity contribution is -0.384. The Hall–Kier alpha value is -4.20. The third-order valence-electron chi connectivity index (χ3n) is 4.09. The zero-order valence-corrected chi connectivity index (χ0v) is 15.4. The second-order valence-corrected chi connectivity index (χ2v) is 5.96. The molecule has 3 aromatic rings. The van der Waals surface area contributed by atoms with Gasteiger partial charge in [-0.25, -0.2) is 0 Å². The van der Waals surface area contributed by atoms with Crippen molar-refractivity contribution in [3.8, 4) is 5.75 Å². The lowest BCUT2D eigenvalue weighted by Crippen LogP contribution is -2.18. The van der Waals surface area contributed by atoms with E-state index in [0.29, 0.717) is 11.4 Å². The fourth-order valence-corrected chi connectivity index (χ4v) is 2.68. The summed E-state index contributed by atoms with van der Waals surface area (Å²) in [5, 5.41) is 16.3. The van der Waals surface area contributed by atoms with E-state index in [1.54, 1.807) is 48.5 Å². The fraction of sp³-hybridized carbons (Fsp3) is 0.0476. The average Bonchev–Trinajstić information content (AvgIpc) is 2.74. The first kappa shape index (κ1) is 19.6. The summed E-state index contributed by atoms with van der Waals surface area (Å²) in [5.41, 5.74) is 0.910. The highest BCUT2D eigenvalue weighted by Crippen LogP contribution is 2.25. The third kappa shape index (κ3) is 4.56. The zero-order chi connectivity index (χ0) is 20.8. The van der Waals surface area contributed by atoms with E-state index in [-0.39, 0.29) is 22.5 Å². The van der Waals surface area contributed by atoms with Crippen molar-refractivity contribution >= 4 is 28.9 Å². The number of nitrogens with zero attached hydrogens (tertiary/aromatic N) is 1. The maximum absolute atomic E-state index is 12.8. The second kappa shape index (κ2) is 8.66. The van der Waals surface area contributed by atoms with E-state index in [1.165, 1.54) is 31.4 Å². The van der Waals surface area contributed by atoms with Gasteiger partial charge in [-0.3, -0.25) is 19.7 Å². The summed E-state index contributed by atoms with van der Waals surface area (Å²) in [6, 6.07) is 18.8. The van der Waals surface area contributed by atoms with Crippen LogP contribution >= 0.6 is 0 Å². The average molecular weight is 391 g/mol. The first-order valence-electron chi connectivity index (χ1n) is 8.59. The summed E-state index contributed by atoms with van der Waals surface area (Å²) in [6.45, 7) is 0. The number of methoxy groups -OCH3 is 1. The van der Waals surface area contributed by atoms with Crippen molar-refractivity contribution in [2.24, 2.45) is 0 Å². The number of hydrogen-bond donors (Lipinski definition) is 2. The molecule has 0 aromatic heterocycles. The molecule has 0 bridgehead atoms. The first-order chi connectivity index (χ1) is 14.0. The number of rotatable bonds is 6. The first-order valence-corrected chi connectivity index (χ1v) is 8.59. The van der Waals surface area contributed by atoms with Crippen molar-refractivity contribution in [1.82, 2.24) is 0 Å². The molecule has 3 rings (SSSR count). The van der Waals surface area contributed by atoms with E-state index in [2.05, 4.69) is 10.6 Å². The summed E-state index contributed by atoms with van der Waals surface area (Å²) < 4.78 is 5.23. The number of para-hydroxylation sites is 3. The Bertz CT molecular complexity index is 1080. The van der Waals surface area contributed by atoms with Gasteiger partial charge in [-0.2, -0.15) is 0 Å². The van der Waals surface area contributed by atoms with Gasteiger partial charge in [-0.1, -0.05) is 30.3 Å². The van der Waals surface area contributed by atoms with Crippen molar-refractivity contribution in [2.45, 2.75) is 0 Å². The Morgan fingerprint density at radius 3 is 2.24 bits per heavy atom. The van der Waals surface area contributed by atoms with Crippen LogP contribution in [0.4, 0.5) is 17.1 Å². The molecule has 0 radical (unpaired) electrons. The molecule has 0 spiro atoms. The second-order valence-electron chi connectivity index (χ2n) is 5.96. The van der Waals surface area contributed by atoms with Crippen LogP contribution in [0.1, 0.15) is 20.7 Å². The van der Waals surface area contributed by atoms with Gasteiger partial charge in [0.1, 0.15) is 5.75 Å². The van der Waals surface area contributed by atoms with Crippen LogP contribution in [0.25, 0.3) is 0 Å². The van der Waals surface area contributed by atoms with Crippen molar-refractivity contribution in [3.63, 3.8) is 0 Å². The van der Waals surface area contributed by atoms with Crippen LogP contribution < -0.4 is 15.4 Å². The predicted molar refractivity (Wildman–Crippen MR) is 108 cm³/mol. The van der Waals surface area contributed by atoms with Crippen molar-refractivity contribution in [1.29, 1.82) is 0 Å². The lowest BCUT2D eigenvalue weighted by atomic mass is 10.1. The molecule has 0 saturated heterocycles. The highest BCUT2D eigenvalue weighted by molar-refractivity contribution is 6.12. The largest absolute Gasteiger partial charge is 0.495 e. The standard InChI is InChI=1S/C21H17N3O5/c1-29-19-12-5-4-11-18(19)23-21(26)16-9-2-3-10-17(16)22-20(25)14-7-6-8-15(13-14)24(27)28/h2-13H,1H3,(H,22,25)(H,23,26). The van der Waals surface area contributed by atoms with Gasteiger partial charge < -0.3 is 15.4 Å². The molecule has 8 nitrogen and oxygen atoms in total. The molecule has 0 fully saturated rings. The van der Waals surface area contributed by atoms with Crippen LogP contribution in [0.5, 0.6) is 5.75 Å². The highest BCUT2D eigenvalue weighted by atomic mass is 16.6. The number of carbonyl (C=O) groups excluding carboxylic acids is 2. The van der Waals surface area contributed by atoms with Crippen LogP contribution in [0.3, 0.4) is 0 Å². The maximum atomic E-state index is 12.8. The summed E-state index contributed by atoms with van der Waals surface area (Å²) in [5.74, 6) is -0.505. The topological polar surface area (TPSA) is 111 Å². The smallest absolute Gasteiger partial charge is 0.270 e. The SMILES string of the molecule is COc1ccccc1NC(=O)c1ccccc1NC(=O)c1cccc([N+](=O)[O-])c1. The Kier molecular flexibility index (Phi) is 5.84. The summed E-state index contributed by atoms with van der Waals surface area (Å²) in [4.78, 5) is 35.6. The number of anilines is 2. The minimum Gasteiger partial charge on any atom is -0.495 e. The number of non-ortho nitro benzene ring substituents is 1. The monoisotopic (exact) mass is 391 g/mol. The van der Waals surface area contributed by atoms with Gasteiger partial charge >= 0.3 is 0 Å². The molecule has 0 aliphatic rings. The highest BCUT2D eigenvalue weighted by Gasteiger charge is 2.17. The maximum Gasteiger partial charge on any atom is 0.270 e. The Morgan fingerprint density at radius 1 is 0.862 bits per heavy atom. The van der Waals surface area contributed by atoms with E-state index in [1.807, 2.05) is 0 Å².